The molecular weight excluding hydrogens is 608 g/mol. The van der Waals surface area contributed by atoms with Crippen molar-refractivity contribution in [3.05, 3.63) is 33.9 Å². The lowest BCUT2D eigenvalue weighted by Crippen LogP contribution is -2.62. The molecule has 0 amide bonds. The van der Waals surface area contributed by atoms with Gasteiger partial charge in [0.05, 0.1) is 23.9 Å². The van der Waals surface area contributed by atoms with E-state index < -0.39 is 34.7 Å². The predicted octanol–water partition coefficient (Wildman–Crippen LogP) is 8.25. The average Bonchev–Trinajstić information content (AvgIpc) is 3.34. The summed E-state index contributed by atoms with van der Waals surface area (Å²) >= 11 is 0. The Morgan fingerprint density at radius 3 is 2.41 bits per heavy atom. The number of hydrogen-bond donors (Lipinski definition) is 4. The lowest BCUT2D eigenvalue weighted by molar-refractivity contribution is -0.161. The number of aliphatic hydroxyl groups excluding tert-OH is 3. The van der Waals surface area contributed by atoms with Gasteiger partial charge in [-0.05, 0) is 142 Å². The zero-order chi connectivity index (χ0) is 34.6. The highest BCUT2D eigenvalue weighted by Crippen LogP contribution is 2.71. The number of rotatable bonds is 6. The van der Waals surface area contributed by atoms with E-state index in [4.69, 9.17) is 0 Å². The first-order valence-electron chi connectivity index (χ1n) is 20.8. The minimum absolute atomic E-state index is 0.0481. The maximum atomic E-state index is 14.2. The van der Waals surface area contributed by atoms with Gasteiger partial charge in [-0.1, -0.05) is 76.2 Å². The molecule has 5 nitrogen and oxygen atoms in total. The fourth-order valence-electron chi connectivity index (χ4n) is 14.7. The van der Waals surface area contributed by atoms with E-state index in [-0.39, 0.29) is 35.4 Å². The molecule has 0 aliphatic heterocycles. The van der Waals surface area contributed by atoms with Crippen molar-refractivity contribution in [2.75, 3.05) is 0 Å². The summed E-state index contributed by atoms with van der Waals surface area (Å²) in [5, 5.41) is 47.8. The second kappa shape index (κ2) is 12.4. The largest absolute Gasteiger partial charge is 0.392 e. The highest BCUT2D eigenvalue weighted by Gasteiger charge is 2.69. The smallest absolute Gasteiger partial charge is 0.159 e. The van der Waals surface area contributed by atoms with Gasteiger partial charge in [-0.25, -0.2) is 0 Å². The third-order valence-corrected chi connectivity index (χ3v) is 16.7. The van der Waals surface area contributed by atoms with Crippen LogP contribution in [0, 0.1) is 64.1 Å². The Kier molecular flexibility index (Phi) is 8.81. The van der Waals surface area contributed by atoms with Gasteiger partial charge in [0.1, 0.15) is 0 Å². The molecule has 5 fully saturated rings. The Bertz CT molecular complexity index is 1420. The van der Waals surface area contributed by atoms with Crippen LogP contribution in [0.4, 0.5) is 0 Å². The average molecular weight is 675 g/mol. The molecule has 272 valence electrons. The number of hydrogen-bond acceptors (Lipinski definition) is 5. The van der Waals surface area contributed by atoms with Crippen molar-refractivity contribution >= 4 is 5.78 Å². The molecular formula is C44H66O5. The van der Waals surface area contributed by atoms with Crippen LogP contribution in [0.25, 0.3) is 0 Å². The summed E-state index contributed by atoms with van der Waals surface area (Å²) in [6.07, 6.45) is 16.6. The molecule has 0 aromatic rings. The summed E-state index contributed by atoms with van der Waals surface area (Å²) < 4.78 is 0. The molecule has 8 rings (SSSR count). The third kappa shape index (κ3) is 5.00. The highest BCUT2D eigenvalue weighted by atomic mass is 16.3. The second-order valence-corrected chi connectivity index (χ2v) is 19.5. The van der Waals surface area contributed by atoms with Crippen molar-refractivity contribution < 1.29 is 25.2 Å². The van der Waals surface area contributed by atoms with Crippen molar-refractivity contribution in [3.63, 3.8) is 0 Å². The predicted molar refractivity (Wildman–Crippen MR) is 193 cm³/mol. The number of fused-ring (bicyclic) bond motifs is 7. The van der Waals surface area contributed by atoms with E-state index >= 15 is 0 Å². The molecule has 0 heterocycles. The molecule has 13 atom stereocenters. The molecule has 0 bridgehead atoms. The Hall–Kier alpha value is -1.27. The number of carbonyl (C=O) groups excluding carboxylic acids is 1. The summed E-state index contributed by atoms with van der Waals surface area (Å²) in [6.45, 7) is 11.5. The van der Waals surface area contributed by atoms with Crippen molar-refractivity contribution in [3.8, 4) is 0 Å². The van der Waals surface area contributed by atoms with E-state index in [9.17, 15) is 25.2 Å². The Labute approximate surface area is 296 Å². The number of aliphatic hydroxyl groups is 4. The molecule has 0 unspecified atom stereocenters. The Balaban J connectivity index is 1.15. The molecule has 8 aliphatic rings. The van der Waals surface area contributed by atoms with E-state index in [1.54, 1.807) is 22.3 Å². The van der Waals surface area contributed by atoms with Crippen LogP contribution in [0.5, 0.6) is 0 Å². The minimum atomic E-state index is -1.08. The number of carbonyl (C=O) groups is 1. The van der Waals surface area contributed by atoms with E-state index in [1.165, 1.54) is 44.9 Å². The summed E-state index contributed by atoms with van der Waals surface area (Å²) in [4.78, 5) is 14.2. The van der Waals surface area contributed by atoms with Gasteiger partial charge in [0, 0.05) is 23.2 Å². The lowest BCUT2D eigenvalue weighted by Gasteiger charge is -2.62. The fourth-order valence-corrected chi connectivity index (χ4v) is 14.7. The molecule has 0 aromatic heterocycles. The highest BCUT2D eigenvalue weighted by molar-refractivity contribution is 5.95. The molecule has 0 aromatic carbocycles. The van der Waals surface area contributed by atoms with Crippen LogP contribution < -0.4 is 0 Å². The van der Waals surface area contributed by atoms with Crippen molar-refractivity contribution in [2.24, 2.45) is 64.1 Å². The van der Waals surface area contributed by atoms with Gasteiger partial charge in [0.2, 0.25) is 0 Å². The van der Waals surface area contributed by atoms with Gasteiger partial charge in [-0.15, -0.1) is 0 Å². The molecule has 8 aliphatic carbocycles. The zero-order valence-corrected chi connectivity index (χ0v) is 31.2. The maximum Gasteiger partial charge on any atom is 0.159 e. The van der Waals surface area contributed by atoms with E-state index in [0.29, 0.717) is 42.9 Å². The standard InChI is InChI=1S/C44H66O5/c1-24(2)10-9-17-43-23-37(47)36(46)22-34(43)35(45)21-33-32(43)15-18-42(5)31(16-19-44(33,42)49)30-20-26-11-8-14-29-27-12-6-7-13-28(27)38(25(3)4)40(39(26)29)41(30)48/h21,24-27,30-32,34,36-37,40-41,46-49H,6-20,22-23H2,1-5H3/t26-,27-,30+,31-,32+,34+,36-,37+,40+,41+,42-,43-,44-/m1/s1. The fraction of sp³-hybridized carbons (Fsp3) is 0.841. The summed E-state index contributed by atoms with van der Waals surface area (Å²) in [5.74, 6) is 2.47. The molecule has 5 saturated carbocycles. The Morgan fingerprint density at radius 1 is 0.878 bits per heavy atom. The molecule has 0 saturated heterocycles. The molecule has 5 heteroatoms. The molecule has 0 spiro atoms. The topological polar surface area (TPSA) is 98.0 Å². The molecule has 49 heavy (non-hydrogen) atoms. The zero-order valence-electron chi connectivity index (χ0n) is 31.2. The number of allylic oxidation sites excluding steroid dienone is 3. The van der Waals surface area contributed by atoms with E-state index in [2.05, 4.69) is 34.6 Å². The van der Waals surface area contributed by atoms with Gasteiger partial charge in [0.15, 0.2) is 5.78 Å². The monoisotopic (exact) mass is 674 g/mol. The SMILES string of the molecule is CC(C)CCC[C@]12C[C@H](O)[C@H](O)C[C@H]1C(=O)C=C1[C@@H]2CC[C@]2(C)[C@@H]([C@@H]3C[C@H]4CCCC5=C4[C@H](C(C(C)C)=C4CCCC[C@H]45)[C@H]3O)CC[C@@]12O. The van der Waals surface area contributed by atoms with Crippen LogP contribution in [-0.2, 0) is 4.79 Å². The van der Waals surface area contributed by atoms with Crippen LogP contribution in [0.1, 0.15) is 144 Å². The van der Waals surface area contributed by atoms with Crippen LogP contribution in [0.15, 0.2) is 33.9 Å². The summed E-state index contributed by atoms with van der Waals surface area (Å²) in [5.41, 5.74) is 5.65. The lowest BCUT2D eigenvalue weighted by atomic mass is 9.43. The third-order valence-electron chi connectivity index (χ3n) is 16.7. The molecule has 4 N–H and O–H groups in total. The first-order chi connectivity index (χ1) is 23.3. The van der Waals surface area contributed by atoms with Crippen molar-refractivity contribution in [2.45, 2.75) is 168 Å². The number of ketones is 1. The normalized spacial score (nSPS) is 47.8. The second-order valence-electron chi connectivity index (χ2n) is 19.5. The summed E-state index contributed by atoms with van der Waals surface area (Å²) in [7, 11) is 0. The van der Waals surface area contributed by atoms with Crippen molar-refractivity contribution in [1.82, 2.24) is 0 Å². The van der Waals surface area contributed by atoms with Crippen LogP contribution in [-0.4, -0.2) is 50.1 Å². The van der Waals surface area contributed by atoms with Gasteiger partial charge >= 0.3 is 0 Å². The maximum absolute atomic E-state index is 14.2. The van der Waals surface area contributed by atoms with Crippen LogP contribution in [0.3, 0.4) is 0 Å². The van der Waals surface area contributed by atoms with Gasteiger partial charge in [0.25, 0.3) is 0 Å². The van der Waals surface area contributed by atoms with Crippen molar-refractivity contribution in [1.29, 1.82) is 0 Å². The van der Waals surface area contributed by atoms with Crippen LogP contribution in [0.2, 0.25) is 0 Å². The van der Waals surface area contributed by atoms with Gasteiger partial charge in [-0.2, -0.15) is 0 Å². The van der Waals surface area contributed by atoms with E-state index in [0.717, 1.165) is 50.5 Å². The first-order valence-corrected chi connectivity index (χ1v) is 20.8. The molecule has 0 radical (unpaired) electrons. The van der Waals surface area contributed by atoms with Gasteiger partial charge in [-0.3, -0.25) is 4.79 Å². The Morgan fingerprint density at radius 2 is 1.65 bits per heavy atom. The van der Waals surface area contributed by atoms with Crippen LogP contribution >= 0.6 is 0 Å². The summed E-state index contributed by atoms with van der Waals surface area (Å²) in [6, 6.07) is 0. The quantitative estimate of drug-likeness (QED) is 0.213. The minimum Gasteiger partial charge on any atom is -0.392 e. The van der Waals surface area contributed by atoms with Gasteiger partial charge < -0.3 is 20.4 Å². The first kappa shape index (κ1) is 34.8. The van der Waals surface area contributed by atoms with E-state index in [1.807, 2.05) is 6.08 Å².